The van der Waals surface area contributed by atoms with Crippen molar-refractivity contribution in [2.24, 2.45) is 7.05 Å². The largest absolute Gasteiger partial charge is 0.466 e. The van der Waals surface area contributed by atoms with E-state index in [2.05, 4.69) is 0 Å². The number of aromatic nitrogens is 1. The van der Waals surface area contributed by atoms with Gasteiger partial charge < -0.3 is 14.0 Å². The number of hydrogen-bond donors (Lipinski definition) is 0. The summed E-state index contributed by atoms with van der Waals surface area (Å²) in [6, 6.07) is 0. The summed E-state index contributed by atoms with van der Waals surface area (Å²) >= 11 is 0. The van der Waals surface area contributed by atoms with Gasteiger partial charge in [0.25, 0.3) is 5.69 Å². The molecular weight excluding hydrogens is 268 g/mol. The molecule has 0 atom stereocenters. The number of rotatable bonds is 6. The van der Waals surface area contributed by atoms with Gasteiger partial charge in [0, 0.05) is 7.05 Å². The fourth-order valence-corrected chi connectivity index (χ4v) is 1.81. The fourth-order valence-electron chi connectivity index (χ4n) is 1.81. The van der Waals surface area contributed by atoms with Crippen LogP contribution in [0.4, 0.5) is 5.69 Å². The van der Waals surface area contributed by atoms with Gasteiger partial charge in [0.05, 0.1) is 36.3 Å². The average molecular weight is 284 g/mol. The normalized spacial score (nSPS) is 10.2. The Bertz CT molecular complexity index is 534. The molecule has 0 N–H and O–H groups in total. The molecule has 20 heavy (non-hydrogen) atoms. The van der Waals surface area contributed by atoms with Crippen molar-refractivity contribution in [2.45, 2.75) is 20.3 Å². The van der Waals surface area contributed by atoms with E-state index in [0.29, 0.717) is 0 Å². The minimum Gasteiger partial charge on any atom is -0.466 e. The van der Waals surface area contributed by atoms with Gasteiger partial charge in [0.1, 0.15) is 5.69 Å². The van der Waals surface area contributed by atoms with Crippen LogP contribution >= 0.6 is 0 Å². The van der Waals surface area contributed by atoms with Crippen LogP contribution in [0.3, 0.4) is 0 Å². The van der Waals surface area contributed by atoms with E-state index in [1.807, 2.05) is 0 Å². The third-order valence-corrected chi connectivity index (χ3v) is 2.56. The van der Waals surface area contributed by atoms with Gasteiger partial charge in [-0.25, -0.2) is 4.79 Å². The molecule has 0 saturated carbocycles. The van der Waals surface area contributed by atoms with E-state index in [9.17, 15) is 19.7 Å². The van der Waals surface area contributed by atoms with Gasteiger partial charge >= 0.3 is 11.9 Å². The van der Waals surface area contributed by atoms with E-state index in [1.165, 1.54) is 17.8 Å². The van der Waals surface area contributed by atoms with Crippen LogP contribution in [-0.4, -0.2) is 34.6 Å². The van der Waals surface area contributed by atoms with Crippen LogP contribution in [0.5, 0.6) is 0 Å². The molecule has 0 spiro atoms. The van der Waals surface area contributed by atoms with Crippen LogP contribution in [0.1, 0.15) is 29.9 Å². The third-order valence-electron chi connectivity index (χ3n) is 2.56. The molecule has 0 bridgehead atoms. The first kappa shape index (κ1) is 15.7. The van der Waals surface area contributed by atoms with Crippen molar-refractivity contribution in [3.05, 3.63) is 27.6 Å². The van der Waals surface area contributed by atoms with E-state index >= 15 is 0 Å². The summed E-state index contributed by atoms with van der Waals surface area (Å²) in [5, 5.41) is 11.0. The van der Waals surface area contributed by atoms with Crippen LogP contribution in [0.2, 0.25) is 0 Å². The summed E-state index contributed by atoms with van der Waals surface area (Å²) < 4.78 is 10.9. The smallest absolute Gasteiger partial charge is 0.355 e. The predicted molar refractivity (Wildman–Crippen MR) is 68.4 cm³/mol. The van der Waals surface area contributed by atoms with Crippen molar-refractivity contribution in [3.8, 4) is 0 Å². The molecule has 0 aliphatic carbocycles. The number of nitro groups is 1. The third kappa shape index (κ3) is 3.34. The maximum Gasteiger partial charge on any atom is 0.355 e. The standard InChI is InChI=1S/C12H16N2O6/c1-4-19-10(15)6-8-9(14(17)18)7-13(3)11(8)12(16)20-5-2/h7H,4-6H2,1-3H3. The molecule has 0 saturated heterocycles. The zero-order valence-corrected chi connectivity index (χ0v) is 11.5. The monoisotopic (exact) mass is 284 g/mol. The Morgan fingerprint density at radius 1 is 1.30 bits per heavy atom. The van der Waals surface area contributed by atoms with Crippen molar-refractivity contribution in [3.63, 3.8) is 0 Å². The lowest BCUT2D eigenvalue weighted by atomic mass is 10.1. The lowest BCUT2D eigenvalue weighted by molar-refractivity contribution is -0.385. The molecule has 0 amide bonds. The zero-order chi connectivity index (χ0) is 15.3. The predicted octanol–water partition coefficient (Wildman–Crippen LogP) is 1.22. The maximum atomic E-state index is 11.8. The van der Waals surface area contributed by atoms with Crippen LogP contribution < -0.4 is 0 Å². The summed E-state index contributed by atoms with van der Waals surface area (Å²) in [6.07, 6.45) is 0.833. The van der Waals surface area contributed by atoms with E-state index in [-0.39, 0.29) is 36.6 Å². The first-order valence-electron chi connectivity index (χ1n) is 6.07. The fraction of sp³-hybridized carbons (Fsp3) is 0.500. The van der Waals surface area contributed by atoms with Gasteiger partial charge in [0.15, 0.2) is 0 Å². The number of carbonyl (C=O) groups excluding carboxylic acids is 2. The molecule has 1 aromatic rings. The first-order valence-corrected chi connectivity index (χ1v) is 6.07. The lowest BCUT2D eigenvalue weighted by Crippen LogP contribution is -2.15. The number of ether oxygens (including phenoxy) is 2. The average Bonchev–Trinajstić information content (AvgIpc) is 2.67. The van der Waals surface area contributed by atoms with Crippen molar-refractivity contribution < 1.29 is 24.0 Å². The highest BCUT2D eigenvalue weighted by Gasteiger charge is 2.29. The van der Waals surface area contributed by atoms with Crippen molar-refractivity contribution in [1.82, 2.24) is 4.57 Å². The molecule has 0 unspecified atom stereocenters. The molecule has 110 valence electrons. The molecule has 0 aliphatic rings. The second-order valence-corrected chi connectivity index (χ2v) is 3.91. The summed E-state index contributed by atoms with van der Waals surface area (Å²) in [5.41, 5.74) is -0.301. The molecule has 1 heterocycles. The Morgan fingerprint density at radius 2 is 1.90 bits per heavy atom. The zero-order valence-electron chi connectivity index (χ0n) is 11.5. The van der Waals surface area contributed by atoms with Crippen molar-refractivity contribution in [1.29, 1.82) is 0 Å². The lowest BCUT2D eigenvalue weighted by Gasteiger charge is -2.06. The highest BCUT2D eigenvalue weighted by molar-refractivity contribution is 5.93. The van der Waals surface area contributed by atoms with E-state index < -0.39 is 16.9 Å². The van der Waals surface area contributed by atoms with Gasteiger partial charge in [0.2, 0.25) is 0 Å². The second kappa shape index (κ2) is 6.69. The molecular formula is C12H16N2O6. The molecule has 1 aromatic heterocycles. The minimum absolute atomic E-state index is 0.00777. The highest BCUT2D eigenvalue weighted by atomic mass is 16.6. The Hall–Kier alpha value is -2.38. The van der Waals surface area contributed by atoms with Gasteiger partial charge in [-0.05, 0) is 13.8 Å². The number of hydrogen-bond acceptors (Lipinski definition) is 6. The SMILES string of the molecule is CCOC(=O)Cc1c([N+](=O)[O-])cn(C)c1C(=O)OCC. The topological polar surface area (TPSA) is 101 Å². The van der Waals surface area contributed by atoms with Gasteiger partial charge in [-0.3, -0.25) is 14.9 Å². The van der Waals surface area contributed by atoms with E-state index in [1.54, 1.807) is 13.8 Å². The van der Waals surface area contributed by atoms with Crippen LogP contribution in [0.15, 0.2) is 6.20 Å². The van der Waals surface area contributed by atoms with E-state index in [0.717, 1.165) is 0 Å². The van der Waals surface area contributed by atoms with Crippen LogP contribution in [0.25, 0.3) is 0 Å². The van der Waals surface area contributed by atoms with Crippen molar-refractivity contribution in [2.75, 3.05) is 13.2 Å². The number of carbonyl (C=O) groups is 2. The quantitative estimate of drug-likeness (QED) is 0.442. The van der Waals surface area contributed by atoms with Crippen molar-refractivity contribution >= 4 is 17.6 Å². The maximum absolute atomic E-state index is 11.8. The summed E-state index contributed by atoms with van der Waals surface area (Å²) in [5.74, 6) is -1.34. The molecule has 0 aromatic carbocycles. The molecule has 0 radical (unpaired) electrons. The number of nitrogens with zero attached hydrogens (tertiary/aromatic N) is 2. The highest BCUT2D eigenvalue weighted by Crippen LogP contribution is 2.26. The van der Waals surface area contributed by atoms with E-state index in [4.69, 9.17) is 9.47 Å². The summed E-state index contributed by atoms with van der Waals surface area (Å²) in [7, 11) is 1.48. The molecule has 0 aliphatic heterocycles. The molecule has 8 heteroatoms. The first-order chi connectivity index (χ1) is 9.42. The Balaban J connectivity index is 3.24. The van der Waals surface area contributed by atoms with Gasteiger partial charge in [-0.1, -0.05) is 0 Å². The summed E-state index contributed by atoms with van der Waals surface area (Å²) in [6.45, 7) is 3.55. The molecule has 8 nitrogen and oxygen atoms in total. The minimum atomic E-state index is -0.706. The Kier molecular flexibility index (Phi) is 5.24. The second-order valence-electron chi connectivity index (χ2n) is 3.91. The van der Waals surface area contributed by atoms with Gasteiger partial charge in [-0.2, -0.15) is 0 Å². The number of aryl methyl sites for hydroxylation is 1. The molecule has 1 rings (SSSR count). The molecule has 0 fully saturated rings. The Labute approximate surface area is 115 Å². The van der Waals surface area contributed by atoms with Crippen LogP contribution in [-0.2, 0) is 27.7 Å². The Morgan fingerprint density at radius 3 is 2.40 bits per heavy atom. The van der Waals surface area contributed by atoms with Gasteiger partial charge in [-0.15, -0.1) is 0 Å². The summed E-state index contributed by atoms with van der Waals surface area (Å²) in [4.78, 5) is 33.7. The van der Waals surface area contributed by atoms with Crippen LogP contribution in [0, 0.1) is 10.1 Å². The number of esters is 2.